The summed E-state index contributed by atoms with van der Waals surface area (Å²) in [7, 11) is 0. The second-order valence-electron chi connectivity index (χ2n) is 11.6. The maximum Gasteiger partial charge on any atom is 0.270 e. The van der Waals surface area contributed by atoms with Crippen molar-refractivity contribution in [3.63, 3.8) is 0 Å². The molecule has 0 fully saturated rings. The van der Waals surface area contributed by atoms with Crippen molar-refractivity contribution in [2.45, 2.75) is 0 Å². The Balaban J connectivity index is 1.42. The molecule has 0 aliphatic heterocycles. The predicted octanol–water partition coefficient (Wildman–Crippen LogP) is 11.5. The van der Waals surface area contributed by atoms with Crippen molar-refractivity contribution in [2.24, 2.45) is 0 Å². The normalized spacial score (nSPS) is 10.9. The predicted molar refractivity (Wildman–Crippen MR) is 195 cm³/mol. The molecule has 6 aromatic carbocycles. The van der Waals surface area contributed by atoms with E-state index in [1.54, 1.807) is 12.4 Å². The molecule has 0 saturated heterocycles. The lowest BCUT2D eigenvalue weighted by Crippen LogP contribution is -1.93. The molecule has 0 N–H and O–H groups in total. The molecule has 48 heavy (non-hydrogen) atoms. The average Bonchev–Trinajstić information content (AvgIpc) is 3.17. The van der Waals surface area contributed by atoms with Gasteiger partial charge in [-0.25, -0.2) is 4.98 Å². The molecule has 0 amide bonds. The molecular formula is C44H26N4. The number of hydrogen-bond acceptors (Lipinski definition) is 3. The van der Waals surface area contributed by atoms with Crippen LogP contribution in [-0.2, 0) is 0 Å². The van der Waals surface area contributed by atoms with Gasteiger partial charge in [-0.15, -0.1) is 4.98 Å². The Morgan fingerprint density at radius 2 is 0.958 bits per heavy atom. The van der Waals surface area contributed by atoms with Crippen molar-refractivity contribution in [1.29, 1.82) is 5.26 Å². The zero-order chi connectivity index (χ0) is 32.5. The summed E-state index contributed by atoms with van der Waals surface area (Å²) < 4.78 is 0. The summed E-state index contributed by atoms with van der Waals surface area (Å²) in [6, 6.07) is 52.8. The number of nitrogens with zero attached hydrogens (tertiary/aromatic N) is 4. The lowest BCUT2D eigenvalue weighted by molar-refractivity contribution is 1.26. The highest BCUT2D eigenvalue weighted by Gasteiger charge is 2.18. The van der Waals surface area contributed by atoms with Gasteiger partial charge in [-0.05, 0) is 120 Å². The van der Waals surface area contributed by atoms with Gasteiger partial charge >= 0.3 is 0 Å². The minimum Gasteiger partial charge on any atom is -0.361 e. The van der Waals surface area contributed by atoms with Gasteiger partial charge in [0.15, 0.2) is 0 Å². The van der Waals surface area contributed by atoms with E-state index in [4.69, 9.17) is 6.57 Å². The highest BCUT2D eigenvalue weighted by atomic mass is 14.8. The molecule has 8 rings (SSSR count). The molecular weight excluding hydrogens is 585 g/mol. The van der Waals surface area contributed by atoms with Crippen LogP contribution in [0.4, 0.5) is 5.82 Å². The van der Waals surface area contributed by atoms with Gasteiger partial charge in [0.2, 0.25) is 0 Å². The van der Waals surface area contributed by atoms with Crippen LogP contribution in [0.2, 0.25) is 0 Å². The Labute approximate surface area is 278 Å². The molecule has 0 aliphatic carbocycles. The van der Waals surface area contributed by atoms with E-state index < -0.39 is 0 Å². The van der Waals surface area contributed by atoms with Crippen molar-refractivity contribution in [3.05, 3.63) is 175 Å². The fourth-order valence-electron chi connectivity index (χ4n) is 6.65. The molecule has 0 unspecified atom stereocenters. The molecule has 222 valence electrons. The fourth-order valence-corrected chi connectivity index (χ4v) is 6.65. The van der Waals surface area contributed by atoms with E-state index in [0.29, 0.717) is 11.5 Å². The first kappa shape index (κ1) is 28.6. The van der Waals surface area contributed by atoms with Gasteiger partial charge in [-0.2, -0.15) is 5.26 Å². The summed E-state index contributed by atoms with van der Waals surface area (Å²) in [6.07, 6.45) is 3.39. The van der Waals surface area contributed by atoms with Crippen molar-refractivity contribution >= 4 is 27.4 Å². The Kier molecular flexibility index (Phi) is 7.23. The number of hydrogen-bond donors (Lipinski definition) is 0. The summed E-state index contributed by atoms with van der Waals surface area (Å²) in [6.45, 7) is 7.47. The van der Waals surface area contributed by atoms with Gasteiger partial charge in [0.25, 0.3) is 5.82 Å². The molecule has 0 atom stereocenters. The van der Waals surface area contributed by atoms with E-state index in [1.807, 2.05) is 30.3 Å². The Bertz CT molecular complexity index is 2590. The number of pyridine rings is 2. The van der Waals surface area contributed by atoms with Gasteiger partial charge in [0.1, 0.15) is 18.0 Å². The minimum absolute atomic E-state index is 0.378. The first-order chi connectivity index (χ1) is 23.7. The first-order valence-electron chi connectivity index (χ1n) is 15.7. The van der Waals surface area contributed by atoms with Crippen LogP contribution in [0.1, 0.15) is 5.69 Å². The molecule has 0 saturated carbocycles. The summed E-state index contributed by atoms with van der Waals surface area (Å²) in [4.78, 5) is 11.9. The van der Waals surface area contributed by atoms with E-state index in [2.05, 4.69) is 136 Å². The van der Waals surface area contributed by atoms with Crippen LogP contribution in [0.5, 0.6) is 0 Å². The molecule has 0 bridgehead atoms. The summed E-state index contributed by atoms with van der Waals surface area (Å²) >= 11 is 0. The quantitative estimate of drug-likeness (QED) is 0.144. The maximum absolute atomic E-state index is 9.48. The molecule has 4 nitrogen and oxygen atoms in total. The number of aromatic nitrogens is 2. The molecule has 2 aromatic heterocycles. The summed E-state index contributed by atoms with van der Waals surface area (Å²) in [5.74, 6) is 0.378. The fraction of sp³-hybridized carbons (Fsp3) is 0. The summed E-state index contributed by atoms with van der Waals surface area (Å²) in [5, 5.41) is 14.1. The monoisotopic (exact) mass is 610 g/mol. The SMILES string of the molecule is [C-]#[N+]c1cc(-c2cccc(-c3c4ccccc4c(-c4cccc(-c5ccnc(C#N)c5)c4)c4ccc(-c5ccccc5)cc34)c2)ccn1. The molecule has 2 heterocycles. The number of nitriles is 1. The van der Waals surface area contributed by atoms with Crippen LogP contribution < -0.4 is 0 Å². The second kappa shape index (κ2) is 12.1. The van der Waals surface area contributed by atoms with Gasteiger partial charge in [-0.3, -0.25) is 0 Å². The maximum atomic E-state index is 9.48. The minimum atomic E-state index is 0.378. The molecule has 4 heteroatoms. The Morgan fingerprint density at radius 1 is 0.438 bits per heavy atom. The van der Waals surface area contributed by atoms with Crippen molar-refractivity contribution < 1.29 is 0 Å². The van der Waals surface area contributed by atoms with Gasteiger partial charge in [0.05, 0.1) is 0 Å². The number of fused-ring (bicyclic) bond motifs is 2. The molecule has 8 aromatic rings. The highest BCUT2D eigenvalue weighted by molar-refractivity contribution is 6.22. The van der Waals surface area contributed by atoms with Crippen molar-refractivity contribution in [3.8, 4) is 61.7 Å². The lowest BCUT2D eigenvalue weighted by Gasteiger charge is -2.19. The largest absolute Gasteiger partial charge is 0.361 e. The van der Waals surface area contributed by atoms with Crippen LogP contribution in [-0.4, -0.2) is 9.97 Å². The number of benzene rings is 6. The van der Waals surface area contributed by atoms with Crippen LogP contribution >= 0.6 is 0 Å². The van der Waals surface area contributed by atoms with Crippen molar-refractivity contribution in [2.75, 3.05) is 0 Å². The van der Waals surface area contributed by atoms with Crippen LogP contribution in [0.25, 0.3) is 82.0 Å². The lowest BCUT2D eigenvalue weighted by atomic mass is 9.84. The van der Waals surface area contributed by atoms with E-state index >= 15 is 0 Å². The third-order valence-electron chi connectivity index (χ3n) is 8.83. The zero-order valence-corrected chi connectivity index (χ0v) is 25.8. The first-order valence-corrected chi connectivity index (χ1v) is 15.7. The topological polar surface area (TPSA) is 53.9 Å². The standard InChI is InChI=1S/C44H26N4/c1-46-42-27-34(20-22-48-42)31-12-8-14-36(24-31)44-39-16-6-5-15-38(39)43(40-18-17-32(26-41(40)44)29-9-3-2-4-10-29)35-13-7-11-30(23-35)33-19-21-47-37(25-33)28-45/h2-27H. The Hall–Kier alpha value is -6.88. The van der Waals surface area contributed by atoms with Crippen molar-refractivity contribution in [1.82, 2.24) is 9.97 Å². The van der Waals surface area contributed by atoms with E-state index in [-0.39, 0.29) is 0 Å². The van der Waals surface area contributed by atoms with Gasteiger partial charge < -0.3 is 4.85 Å². The highest BCUT2D eigenvalue weighted by Crippen LogP contribution is 2.46. The van der Waals surface area contributed by atoms with Gasteiger partial charge in [0, 0.05) is 6.20 Å². The second-order valence-corrected chi connectivity index (χ2v) is 11.6. The number of rotatable bonds is 5. The van der Waals surface area contributed by atoms with E-state index in [9.17, 15) is 5.26 Å². The average molecular weight is 611 g/mol. The van der Waals surface area contributed by atoms with Crippen LogP contribution in [0.15, 0.2) is 158 Å². The van der Waals surface area contributed by atoms with Crippen LogP contribution in [0.3, 0.4) is 0 Å². The molecule has 0 spiro atoms. The van der Waals surface area contributed by atoms with Crippen LogP contribution in [0, 0.1) is 17.9 Å². The third-order valence-corrected chi connectivity index (χ3v) is 8.83. The smallest absolute Gasteiger partial charge is 0.270 e. The van der Waals surface area contributed by atoms with E-state index in [1.165, 1.54) is 0 Å². The van der Waals surface area contributed by atoms with E-state index in [0.717, 1.165) is 77.2 Å². The van der Waals surface area contributed by atoms with Gasteiger partial charge in [-0.1, -0.05) is 110 Å². The third kappa shape index (κ3) is 5.14. The molecule has 0 aliphatic rings. The Morgan fingerprint density at radius 3 is 1.62 bits per heavy atom. The zero-order valence-electron chi connectivity index (χ0n) is 25.8. The summed E-state index contributed by atoms with van der Waals surface area (Å²) in [5.41, 5.74) is 11.2. The molecule has 0 radical (unpaired) electrons.